The standard InChI is InChI=1S/C72H47N5/c1-72(2)61-41-58-52-30-15-13-28-50(52)49-27-12-14-29-51(49)57(58)40-59(61)55-35-36-56-67-53(54-32-17-33-65-68(54)60-43-73-38-37-64(60)76(65)47-24-10-5-11-25-47)31-18-34-66(67)77(70(56)69(55)72)48-26-16-23-46(39-48)71-74-62(44-19-6-3-7-20-44)42-63(75-71)45-21-8-4-9-22-45/h3-43H,1-2H3. The van der Waals surface area contributed by atoms with Gasteiger partial charge in [-0.1, -0.05) is 190 Å². The van der Waals surface area contributed by atoms with Crippen molar-refractivity contribution in [3.8, 4) is 67.5 Å². The molecule has 0 fully saturated rings. The third kappa shape index (κ3) is 6.38. The van der Waals surface area contributed by atoms with Crippen LogP contribution in [0.4, 0.5) is 0 Å². The Kier molecular flexibility index (Phi) is 9.32. The van der Waals surface area contributed by atoms with Gasteiger partial charge in [-0.05, 0) is 126 Å². The van der Waals surface area contributed by atoms with Gasteiger partial charge in [-0.25, -0.2) is 9.97 Å². The van der Waals surface area contributed by atoms with Gasteiger partial charge in [0, 0.05) is 67.4 Å². The lowest BCUT2D eigenvalue weighted by Crippen LogP contribution is -2.16. The monoisotopic (exact) mass is 981 g/mol. The zero-order chi connectivity index (χ0) is 50.9. The van der Waals surface area contributed by atoms with E-state index in [0.29, 0.717) is 5.82 Å². The minimum absolute atomic E-state index is 0.387. The molecule has 5 heteroatoms. The normalized spacial score (nSPS) is 12.9. The molecule has 4 heterocycles. The first-order chi connectivity index (χ1) is 38.0. The molecule has 1 aliphatic rings. The van der Waals surface area contributed by atoms with Gasteiger partial charge in [0.1, 0.15) is 0 Å². The Morgan fingerprint density at radius 1 is 0.351 bits per heavy atom. The zero-order valence-electron chi connectivity index (χ0n) is 42.4. The van der Waals surface area contributed by atoms with Crippen LogP contribution in [-0.2, 0) is 5.41 Å². The molecular formula is C72H47N5. The zero-order valence-corrected chi connectivity index (χ0v) is 42.4. The van der Waals surface area contributed by atoms with Crippen LogP contribution in [0, 0.1) is 0 Å². The highest BCUT2D eigenvalue weighted by atomic mass is 15.0. The molecule has 15 aromatic rings. The second kappa shape index (κ2) is 16.5. The van der Waals surface area contributed by atoms with Gasteiger partial charge < -0.3 is 9.13 Å². The van der Waals surface area contributed by atoms with E-state index < -0.39 is 0 Å². The van der Waals surface area contributed by atoms with Crippen LogP contribution in [0.25, 0.3) is 143 Å². The number of para-hydroxylation sites is 1. The fourth-order valence-electron chi connectivity index (χ4n) is 13.2. The van der Waals surface area contributed by atoms with Crippen LogP contribution in [0.5, 0.6) is 0 Å². The minimum Gasteiger partial charge on any atom is -0.309 e. The third-order valence-electron chi connectivity index (χ3n) is 16.5. The summed E-state index contributed by atoms with van der Waals surface area (Å²) in [5, 5.41) is 12.4. The molecule has 0 N–H and O–H groups in total. The molecule has 0 saturated heterocycles. The van der Waals surface area contributed by atoms with Gasteiger partial charge in [-0.2, -0.15) is 0 Å². The quantitative estimate of drug-likeness (QED) is 0.156. The molecule has 77 heavy (non-hydrogen) atoms. The van der Waals surface area contributed by atoms with Crippen molar-refractivity contribution in [2.24, 2.45) is 0 Å². The second-order valence-electron chi connectivity index (χ2n) is 21.1. The lowest BCUT2D eigenvalue weighted by molar-refractivity contribution is 0.665. The number of rotatable bonds is 6. The number of hydrogen-bond donors (Lipinski definition) is 0. The number of hydrogen-bond acceptors (Lipinski definition) is 3. The highest BCUT2D eigenvalue weighted by molar-refractivity contribution is 6.27. The van der Waals surface area contributed by atoms with E-state index in [9.17, 15) is 0 Å². The molecule has 0 unspecified atom stereocenters. The van der Waals surface area contributed by atoms with E-state index in [1.54, 1.807) is 0 Å². The topological polar surface area (TPSA) is 48.5 Å². The fourth-order valence-corrected chi connectivity index (χ4v) is 13.2. The molecular weight excluding hydrogens is 935 g/mol. The summed E-state index contributed by atoms with van der Waals surface area (Å²) in [6.45, 7) is 4.87. The van der Waals surface area contributed by atoms with E-state index in [1.807, 2.05) is 24.5 Å². The van der Waals surface area contributed by atoms with Crippen molar-refractivity contribution < 1.29 is 0 Å². The van der Waals surface area contributed by atoms with Crippen LogP contribution < -0.4 is 0 Å². The Balaban J connectivity index is 0.997. The Hall–Kier alpha value is -9.97. The lowest BCUT2D eigenvalue weighted by atomic mass is 9.80. The molecule has 0 aliphatic heterocycles. The number of nitrogens with zero attached hydrogens (tertiary/aromatic N) is 5. The SMILES string of the molecule is CC1(C)c2cc3c4ccccc4c4ccccc4c3cc2-c2ccc3c4c(-c5cccc6c5c5cnccc5n6-c5ccccc5)cccc4n(-c4cccc(-c5nc(-c6ccccc6)cc(-c6ccccc6)n5)c4)c3c21. The van der Waals surface area contributed by atoms with Crippen molar-refractivity contribution in [1.82, 2.24) is 24.1 Å². The third-order valence-corrected chi connectivity index (χ3v) is 16.5. The van der Waals surface area contributed by atoms with Crippen molar-refractivity contribution in [2.45, 2.75) is 19.3 Å². The Morgan fingerprint density at radius 2 is 0.883 bits per heavy atom. The summed E-state index contributed by atoms with van der Waals surface area (Å²) in [5.41, 5.74) is 18.7. The molecule has 4 aromatic heterocycles. The largest absolute Gasteiger partial charge is 0.309 e. The summed E-state index contributed by atoms with van der Waals surface area (Å²) in [7, 11) is 0. The molecule has 16 rings (SSSR count). The molecule has 0 radical (unpaired) electrons. The smallest absolute Gasteiger partial charge is 0.160 e. The number of pyridine rings is 1. The molecule has 11 aromatic carbocycles. The highest BCUT2D eigenvalue weighted by Gasteiger charge is 2.40. The minimum atomic E-state index is -0.387. The predicted molar refractivity (Wildman–Crippen MR) is 320 cm³/mol. The first kappa shape index (κ1) is 43.4. The highest BCUT2D eigenvalue weighted by Crippen LogP contribution is 2.56. The Labute approximate surface area is 444 Å². The maximum absolute atomic E-state index is 5.33. The van der Waals surface area contributed by atoms with Gasteiger partial charge in [0.25, 0.3) is 0 Å². The summed E-state index contributed by atoms with van der Waals surface area (Å²) in [4.78, 5) is 15.4. The molecule has 0 saturated carbocycles. The van der Waals surface area contributed by atoms with Crippen molar-refractivity contribution in [2.75, 3.05) is 0 Å². The van der Waals surface area contributed by atoms with E-state index in [1.165, 1.54) is 87.4 Å². The summed E-state index contributed by atoms with van der Waals surface area (Å²) in [6, 6.07) is 86.0. The Morgan fingerprint density at radius 3 is 1.53 bits per heavy atom. The second-order valence-corrected chi connectivity index (χ2v) is 21.1. The van der Waals surface area contributed by atoms with Crippen LogP contribution in [0.1, 0.15) is 25.0 Å². The number of aromatic nitrogens is 5. The summed E-state index contributed by atoms with van der Waals surface area (Å²) in [6.07, 6.45) is 3.94. The first-order valence-corrected chi connectivity index (χ1v) is 26.5. The average Bonchev–Trinajstić information content (AvgIpc) is 4.29. The van der Waals surface area contributed by atoms with E-state index in [4.69, 9.17) is 15.0 Å². The van der Waals surface area contributed by atoms with E-state index >= 15 is 0 Å². The molecule has 5 nitrogen and oxygen atoms in total. The molecule has 1 aliphatic carbocycles. The maximum atomic E-state index is 5.33. The van der Waals surface area contributed by atoms with Crippen molar-refractivity contribution in [3.05, 3.63) is 260 Å². The number of benzene rings is 11. The molecule has 0 atom stereocenters. The molecule has 0 amide bonds. The maximum Gasteiger partial charge on any atom is 0.160 e. The van der Waals surface area contributed by atoms with Crippen molar-refractivity contribution >= 4 is 75.9 Å². The van der Waals surface area contributed by atoms with Crippen LogP contribution in [-0.4, -0.2) is 24.1 Å². The van der Waals surface area contributed by atoms with Gasteiger partial charge >= 0.3 is 0 Å². The van der Waals surface area contributed by atoms with E-state index in [0.717, 1.165) is 61.4 Å². The first-order valence-electron chi connectivity index (χ1n) is 26.5. The summed E-state index contributed by atoms with van der Waals surface area (Å²) in [5.74, 6) is 0.674. The van der Waals surface area contributed by atoms with Gasteiger partial charge in [0.2, 0.25) is 0 Å². The molecule has 0 bridgehead atoms. The summed E-state index contributed by atoms with van der Waals surface area (Å²) >= 11 is 0. The van der Waals surface area contributed by atoms with Gasteiger partial charge in [-0.3, -0.25) is 4.98 Å². The average molecular weight is 982 g/mol. The van der Waals surface area contributed by atoms with Gasteiger partial charge in [0.15, 0.2) is 5.82 Å². The van der Waals surface area contributed by atoms with E-state index in [-0.39, 0.29) is 5.41 Å². The Bertz CT molecular complexity index is 4880. The van der Waals surface area contributed by atoms with Crippen LogP contribution >= 0.6 is 0 Å². The number of fused-ring (bicyclic) bond motifs is 16. The predicted octanol–water partition coefficient (Wildman–Crippen LogP) is 18.5. The lowest BCUT2D eigenvalue weighted by Gasteiger charge is -2.24. The fraction of sp³-hybridized carbons (Fsp3) is 0.0417. The van der Waals surface area contributed by atoms with Crippen LogP contribution in [0.2, 0.25) is 0 Å². The summed E-state index contributed by atoms with van der Waals surface area (Å²) < 4.78 is 4.93. The van der Waals surface area contributed by atoms with E-state index in [2.05, 4.69) is 247 Å². The van der Waals surface area contributed by atoms with Gasteiger partial charge in [0.05, 0.1) is 33.5 Å². The molecule has 360 valence electrons. The van der Waals surface area contributed by atoms with Gasteiger partial charge in [-0.15, -0.1) is 0 Å². The van der Waals surface area contributed by atoms with Crippen molar-refractivity contribution in [1.29, 1.82) is 0 Å². The van der Waals surface area contributed by atoms with Crippen molar-refractivity contribution in [3.63, 3.8) is 0 Å². The van der Waals surface area contributed by atoms with Crippen LogP contribution in [0.15, 0.2) is 249 Å². The van der Waals surface area contributed by atoms with Crippen LogP contribution in [0.3, 0.4) is 0 Å². The molecule has 0 spiro atoms.